The molecule has 0 atom stereocenters. The molecule has 0 radical (unpaired) electrons. The Morgan fingerprint density at radius 2 is 2.29 bits per heavy atom. The highest BCUT2D eigenvalue weighted by atomic mass is 79.9. The van der Waals surface area contributed by atoms with E-state index in [1.165, 1.54) is 30.1 Å². The standard InChI is InChI=1S/C10H8BrN3O3/c1-13(6-5-12)10(15)7-3-2-4-8(9(7)11)14(16)17/h2-4H,6H2,1H3. The largest absolute Gasteiger partial charge is 0.328 e. The van der Waals surface area contributed by atoms with E-state index in [1.54, 1.807) is 0 Å². The zero-order valence-electron chi connectivity index (χ0n) is 8.88. The quantitative estimate of drug-likeness (QED) is 0.485. The first kappa shape index (κ1) is 13.1. The number of carbonyl (C=O) groups excluding carboxylic acids is 1. The van der Waals surface area contributed by atoms with Gasteiger partial charge in [0.25, 0.3) is 11.6 Å². The molecule has 1 aromatic carbocycles. The van der Waals surface area contributed by atoms with E-state index >= 15 is 0 Å². The number of nitro groups is 1. The molecule has 0 aliphatic heterocycles. The fourth-order valence-corrected chi connectivity index (χ4v) is 1.79. The van der Waals surface area contributed by atoms with Crippen molar-refractivity contribution in [2.45, 2.75) is 0 Å². The van der Waals surface area contributed by atoms with Crippen LogP contribution in [0.1, 0.15) is 10.4 Å². The van der Waals surface area contributed by atoms with Crippen LogP contribution < -0.4 is 0 Å². The summed E-state index contributed by atoms with van der Waals surface area (Å²) < 4.78 is 0.125. The number of benzene rings is 1. The highest BCUT2D eigenvalue weighted by Gasteiger charge is 2.21. The van der Waals surface area contributed by atoms with Crippen LogP contribution in [0.3, 0.4) is 0 Å². The molecule has 0 aliphatic rings. The number of nitrogens with zero attached hydrogens (tertiary/aromatic N) is 3. The highest BCUT2D eigenvalue weighted by Crippen LogP contribution is 2.28. The number of rotatable bonds is 3. The molecular formula is C10H8BrN3O3. The van der Waals surface area contributed by atoms with Crippen molar-refractivity contribution < 1.29 is 9.72 Å². The van der Waals surface area contributed by atoms with Gasteiger partial charge >= 0.3 is 0 Å². The van der Waals surface area contributed by atoms with Crippen molar-refractivity contribution in [2.75, 3.05) is 13.6 Å². The Labute approximate surface area is 106 Å². The number of hydrogen-bond donors (Lipinski definition) is 0. The molecular weight excluding hydrogens is 290 g/mol. The lowest BCUT2D eigenvalue weighted by Crippen LogP contribution is -2.27. The van der Waals surface area contributed by atoms with Crippen LogP contribution in [0.25, 0.3) is 0 Å². The monoisotopic (exact) mass is 297 g/mol. The van der Waals surface area contributed by atoms with Gasteiger partial charge in [-0.05, 0) is 22.0 Å². The fraction of sp³-hybridized carbons (Fsp3) is 0.200. The second-order valence-corrected chi connectivity index (χ2v) is 4.01. The molecule has 0 spiro atoms. The van der Waals surface area contributed by atoms with E-state index in [0.717, 1.165) is 0 Å². The van der Waals surface area contributed by atoms with Crippen LogP contribution in [0.5, 0.6) is 0 Å². The predicted molar refractivity (Wildman–Crippen MR) is 63.4 cm³/mol. The van der Waals surface area contributed by atoms with Crippen molar-refractivity contribution in [3.05, 3.63) is 38.3 Å². The third-order valence-electron chi connectivity index (χ3n) is 2.06. The molecule has 7 heteroatoms. The van der Waals surface area contributed by atoms with E-state index in [-0.39, 0.29) is 22.3 Å². The lowest BCUT2D eigenvalue weighted by molar-refractivity contribution is -0.385. The minimum Gasteiger partial charge on any atom is -0.328 e. The maximum atomic E-state index is 11.9. The van der Waals surface area contributed by atoms with Crippen LogP contribution >= 0.6 is 15.9 Å². The van der Waals surface area contributed by atoms with Crippen molar-refractivity contribution in [3.8, 4) is 6.07 Å². The molecule has 17 heavy (non-hydrogen) atoms. The number of amides is 1. The van der Waals surface area contributed by atoms with Crippen LogP contribution in [0.2, 0.25) is 0 Å². The number of hydrogen-bond acceptors (Lipinski definition) is 4. The summed E-state index contributed by atoms with van der Waals surface area (Å²) >= 11 is 3.03. The summed E-state index contributed by atoms with van der Waals surface area (Å²) in [4.78, 5) is 23.1. The molecule has 0 unspecified atom stereocenters. The van der Waals surface area contributed by atoms with Crippen molar-refractivity contribution >= 4 is 27.5 Å². The fourth-order valence-electron chi connectivity index (χ4n) is 1.21. The molecule has 1 rings (SSSR count). The van der Waals surface area contributed by atoms with Gasteiger partial charge in [-0.15, -0.1) is 0 Å². The summed E-state index contributed by atoms with van der Waals surface area (Å²) in [5.74, 6) is -0.442. The first-order valence-electron chi connectivity index (χ1n) is 4.54. The highest BCUT2D eigenvalue weighted by molar-refractivity contribution is 9.10. The van der Waals surface area contributed by atoms with Crippen LogP contribution in [0, 0.1) is 21.4 Å². The van der Waals surface area contributed by atoms with Gasteiger partial charge in [0.2, 0.25) is 0 Å². The SMILES string of the molecule is CN(CC#N)C(=O)c1cccc([N+](=O)[O-])c1Br. The summed E-state index contributed by atoms with van der Waals surface area (Å²) in [5, 5.41) is 19.2. The minimum absolute atomic E-state index is 0.0754. The van der Waals surface area contributed by atoms with Gasteiger partial charge in [-0.2, -0.15) is 5.26 Å². The molecule has 1 amide bonds. The smallest absolute Gasteiger partial charge is 0.284 e. The van der Waals surface area contributed by atoms with Crippen molar-refractivity contribution in [1.82, 2.24) is 4.90 Å². The van der Waals surface area contributed by atoms with Crippen LogP contribution in [-0.4, -0.2) is 29.3 Å². The van der Waals surface area contributed by atoms with Crippen molar-refractivity contribution in [3.63, 3.8) is 0 Å². The molecule has 0 saturated heterocycles. The van der Waals surface area contributed by atoms with E-state index in [0.29, 0.717) is 0 Å². The topological polar surface area (TPSA) is 87.2 Å². The number of nitro benzene ring substituents is 1. The van der Waals surface area contributed by atoms with Crippen LogP contribution in [0.15, 0.2) is 22.7 Å². The van der Waals surface area contributed by atoms with Gasteiger partial charge in [0, 0.05) is 13.1 Å². The molecule has 0 aliphatic carbocycles. The first-order valence-corrected chi connectivity index (χ1v) is 5.33. The molecule has 0 bridgehead atoms. The lowest BCUT2D eigenvalue weighted by atomic mass is 10.2. The summed E-state index contributed by atoms with van der Waals surface area (Å²) in [6, 6.07) is 6.02. The minimum atomic E-state index is -0.578. The van der Waals surface area contributed by atoms with E-state index in [1.807, 2.05) is 6.07 Å². The average molecular weight is 298 g/mol. The molecule has 0 saturated carbocycles. The Morgan fingerprint density at radius 3 is 2.82 bits per heavy atom. The normalized spacial score (nSPS) is 9.47. The van der Waals surface area contributed by atoms with E-state index in [4.69, 9.17) is 5.26 Å². The van der Waals surface area contributed by atoms with Crippen LogP contribution in [0.4, 0.5) is 5.69 Å². The summed E-state index contributed by atoms with van der Waals surface area (Å²) in [7, 11) is 1.46. The van der Waals surface area contributed by atoms with Gasteiger partial charge in [0.15, 0.2) is 0 Å². The zero-order chi connectivity index (χ0) is 13.0. The third-order valence-corrected chi connectivity index (χ3v) is 2.89. The summed E-state index contributed by atoms with van der Waals surface area (Å²) in [6.45, 7) is -0.0754. The third kappa shape index (κ3) is 2.79. The predicted octanol–water partition coefficient (Wildman–Crippen LogP) is 1.95. The molecule has 1 aromatic rings. The summed E-state index contributed by atoms with van der Waals surface area (Å²) in [5.41, 5.74) is -0.0156. The van der Waals surface area contributed by atoms with E-state index < -0.39 is 10.8 Å². The van der Waals surface area contributed by atoms with Gasteiger partial charge in [0.05, 0.1) is 16.6 Å². The van der Waals surface area contributed by atoms with Crippen molar-refractivity contribution in [1.29, 1.82) is 5.26 Å². The molecule has 6 nitrogen and oxygen atoms in total. The number of halogens is 1. The van der Waals surface area contributed by atoms with E-state index in [9.17, 15) is 14.9 Å². The Hall–Kier alpha value is -1.94. The molecule has 0 aromatic heterocycles. The molecule has 88 valence electrons. The maximum Gasteiger partial charge on any atom is 0.284 e. The Morgan fingerprint density at radius 1 is 1.65 bits per heavy atom. The molecule has 0 fully saturated rings. The Kier molecular flexibility index (Phi) is 4.17. The number of carbonyl (C=O) groups is 1. The number of nitriles is 1. The van der Waals surface area contributed by atoms with Gasteiger partial charge < -0.3 is 4.90 Å². The second kappa shape index (κ2) is 5.41. The Balaban J connectivity index is 3.16. The van der Waals surface area contributed by atoms with Gasteiger partial charge in [0.1, 0.15) is 11.0 Å². The van der Waals surface area contributed by atoms with Gasteiger partial charge in [-0.1, -0.05) is 6.07 Å². The molecule has 0 heterocycles. The Bertz CT molecular complexity index is 510. The van der Waals surface area contributed by atoms with Gasteiger partial charge in [-0.3, -0.25) is 14.9 Å². The van der Waals surface area contributed by atoms with Crippen molar-refractivity contribution in [2.24, 2.45) is 0 Å². The average Bonchev–Trinajstić information content (AvgIpc) is 2.28. The van der Waals surface area contributed by atoms with E-state index in [2.05, 4.69) is 15.9 Å². The van der Waals surface area contributed by atoms with Gasteiger partial charge in [-0.25, -0.2) is 0 Å². The zero-order valence-corrected chi connectivity index (χ0v) is 10.5. The lowest BCUT2D eigenvalue weighted by Gasteiger charge is -2.13. The summed E-state index contributed by atoms with van der Waals surface area (Å²) in [6.07, 6.45) is 0. The molecule has 0 N–H and O–H groups in total. The maximum absolute atomic E-state index is 11.9. The van der Waals surface area contributed by atoms with Crippen LogP contribution in [-0.2, 0) is 0 Å². The first-order chi connectivity index (χ1) is 7.99. The second-order valence-electron chi connectivity index (χ2n) is 3.22.